The fourth-order valence-electron chi connectivity index (χ4n) is 1.71. The molecule has 0 rings (SSSR count). The molecule has 0 aliphatic rings. The average Bonchev–Trinajstić information content (AvgIpc) is 2.21. The molecule has 0 radical (unpaired) electrons. The lowest BCUT2D eigenvalue weighted by atomic mass is 9.90. The Morgan fingerprint density at radius 3 is 1.72 bits per heavy atom. The fourth-order valence-corrected chi connectivity index (χ4v) is 1.71. The van der Waals surface area contributed by atoms with Crippen molar-refractivity contribution in [3.8, 4) is 0 Å². The molecule has 0 amide bonds. The van der Waals surface area contributed by atoms with Crippen LogP contribution in [0.25, 0.3) is 0 Å². The summed E-state index contributed by atoms with van der Waals surface area (Å²) in [5, 5.41) is 9.31. The molecule has 1 nitrogen and oxygen atoms in total. The van der Waals surface area contributed by atoms with E-state index in [2.05, 4.69) is 0 Å². The lowest BCUT2D eigenvalue weighted by molar-refractivity contribution is -0.339. The highest BCUT2D eigenvalue weighted by Gasteiger charge is 2.67. The summed E-state index contributed by atoms with van der Waals surface area (Å²) in [6.07, 6.45) is -1.74. The van der Waals surface area contributed by atoms with Crippen LogP contribution < -0.4 is 0 Å². The molecule has 6 heteroatoms. The molecule has 0 bridgehead atoms. The van der Waals surface area contributed by atoms with Crippen molar-refractivity contribution >= 4 is 0 Å². The Bertz CT molecular complexity index is 235. The molecule has 1 unspecified atom stereocenters. The van der Waals surface area contributed by atoms with E-state index >= 15 is 0 Å². The molecule has 0 aliphatic carbocycles. The van der Waals surface area contributed by atoms with Crippen LogP contribution in [0.3, 0.4) is 0 Å². The van der Waals surface area contributed by atoms with Crippen LogP contribution in [-0.2, 0) is 0 Å². The highest BCUT2D eigenvalue weighted by molar-refractivity contribution is 4.94. The molecule has 1 atom stereocenters. The monoisotopic (exact) mass is 276 g/mol. The number of hydrogen-bond acceptors (Lipinski definition) is 1. The van der Waals surface area contributed by atoms with E-state index in [1.165, 1.54) is 0 Å². The molecule has 1 N–H and O–H groups in total. The van der Waals surface area contributed by atoms with Gasteiger partial charge in [0, 0.05) is 0 Å². The number of rotatable bonds is 8. The van der Waals surface area contributed by atoms with Crippen LogP contribution >= 0.6 is 0 Å². The molecule has 0 aromatic carbocycles. The number of aliphatic hydroxyl groups is 1. The lowest BCUT2D eigenvalue weighted by Crippen LogP contribution is -2.55. The normalized spacial score (nSPS) is 16.7. The molecule has 0 fully saturated rings. The SMILES string of the molecule is CCCCCCCCC(C)(O)C(F)(F)C(F)(F)F. The van der Waals surface area contributed by atoms with Gasteiger partial charge in [0.1, 0.15) is 5.60 Å². The molecular formula is C12H21F5O. The van der Waals surface area contributed by atoms with Gasteiger partial charge in [0.2, 0.25) is 0 Å². The van der Waals surface area contributed by atoms with Crippen molar-refractivity contribution in [1.29, 1.82) is 0 Å². The van der Waals surface area contributed by atoms with Crippen molar-refractivity contribution in [2.45, 2.75) is 76.5 Å². The highest BCUT2D eigenvalue weighted by Crippen LogP contribution is 2.45. The van der Waals surface area contributed by atoms with E-state index in [1.54, 1.807) is 0 Å². The maximum Gasteiger partial charge on any atom is 0.456 e. The molecule has 18 heavy (non-hydrogen) atoms. The van der Waals surface area contributed by atoms with Gasteiger partial charge in [-0.25, -0.2) is 0 Å². The van der Waals surface area contributed by atoms with Crippen LogP contribution in [0.15, 0.2) is 0 Å². The molecule has 0 spiro atoms. The average molecular weight is 276 g/mol. The lowest BCUT2D eigenvalue weighted by Gasteiger charge is -2.33. The first kappa shape index (κ1) is 17.6. The maximum atomic E-state index is 13.0. The number of unbranched alkanes of at least 4 members (excludes halogenated alkanes) is 5. The molecule has 0 saturated heterocycles. The van der Waals surface area contributed by atoms with E-state index in [0.717, 1.165) is 25.7 Å². The second-order valence-electron chi connectivity index (χ2n) is 4.86. The molecule has 0 saturated carbocycles. The smallest absolute Gasteiger partial charge is 0.384 e. The minimum absolute atomic E-state index is 0.169. The van der Waals surface area contributed by atoms with E-state index in [-0.39, 0.29) is 6.42 Å². The molecule has 0 aromatic heterocycles. The Kier molecular flexibility index (Phi) is 6.54. The van der Waals surface area contributed by atoms with Gasteiger partial charge in [-0.15, -0.1) is 0 Å². The van der Waals surface area contributed by atoms with Gasteiger partial charge >= 0.3 is 12.1 Å². The fraction of sp³-hybridized carbons (Fsp3) is 1.00. The summed E-state index contributed by atoms with van der Waals surface area (Å²) in [5.41, 5.74) is -3.03. The molecular weight excluding hydrogens is 255 g/mol. The molecule has 0 aromatic rings. The molecule has 110 valence electrons. The van der Waals surface area contributed by atoms with Crippen LogP contribution in [0.4, 0.5) is 22.0 Å². The Balaban J connectivity index is 4.15. The van der Waals surface area contributed by atoms with Gasteiger partial charge in [-0.1, -0.05) is 45.4 Å². The van der Waals surface area contributed by atoms with Crippen LogP contribution in [-0.4, -0.2) is 22.8 Å². The van der Waals surface area contributed by atoms with Crippen LogP contribution in [0.2, 0.25) is 0 Å². The summed E-state index contributed by atoms with van der Waals surface area (Å²) in [7, 11) is 0. The third-order valence-electron chi connectivity index (χ3n) is 3.05. The minimum atomic E-state index is -5.71. The van der Waals surface area contributed by atoms with Crippen molar-refractivity contribution < 1.29 is 27.1 Å². The summed E-state index contributed by atoms with van der Waals surface area (Å²) >= 11 is 0. The van der Waals surface area contributed by atoms with Gasteiger partial charge in [-0.05, 0) is 13.3 Å². The van der Waals surface area contributed by atoms with E-state index in [1.807, 2.05) is 6.92 Å². The van der Waals surface area contributed by atoms with Gasteiger partial charge in [0.25, 0.3) is 0 Å². The Hall–Kier alpha value is -0.390. The van der Waals surface area contributed by atoms with Crippen LogP contribution in [0, 0.1) is 0 Å². The van der Waals surface area contributed by atoms with Crippen molar-refractivity contribution in [3.63, 3.8) is 0 Å². The quantitative estimate of drug-likeness (QED) is 0.504. The summed E-state index contributed by atoms with van der Waals surface area (Å²) in [6.45, 7) is 2.57. The minimum Gasteiger partial charge on any atom is -0.384 e. The second-order valence-corrected chi connectivity index (χ2v) is 4.86. The summed E-state index contributed by atoms with van der Waals surface area (Å²) in [5.74, 6) is -5.07. The third kappa shape index (κ3) is 4.71. The maximum absolute atomic E-state index is 13.0. The van der Waals surface area contributed by atoms with Crippen molar-refractivity contribution in [2.24, 2.45) is 0 Å². The zero-order valence-electron chi connectivity index (χ0n) is 10.8. The van der Waals surface area contributed by atoms with Crippen molar-refractivity contribution in [1.82, 2.24) is 0 Å². The van der Waals surface area contributed by atoms with Gasteiger partial charge in [0.05, 0.1) is 0 Å². The van der Waals surface area contributed by atoms with Crippen LogP contribution in [0.1, 0.15) is 58.8 Å². The van der Waals surface area contributed by atoms with Crippen molar-refractivity contribution in [2.75, 3.05) is 0 Å². The number of hydrogen-bond donors (Lipinski definition) is 1. The number of halogens is 5. The van der Waals surface area contributed by atoms with Gasteiger partial charge < -0.3 is 5.11 Å². The Morgan fingerprint density at radius 2 is 1.28 bits per heavy atom. The first-order valence-electron chi connectivity index (χ1n) is 6.23. The molecule has 0 aliphatic heterocycles. The summed E-state index contributed by atoms with van der Waals surface area (Å²) < 4.78 is 62.2. The topological polar surface area (TPSA) is 20.2 Å². The van der Waals surface area contributed by atoms with E-state index in [4.69, 9.17) is 0 Å². The zero-order chi connectivity index (χ0) is 14.4. The second kappa shape index (κ2) is 6.68. The third-order valence-corrected chi connectivity index (χ3v) is 3.05. The number of alkyl halides is 5. The first-order chi connectivity index (χ1) is 8.06. The zero-order valence-corrected chi connectivity index (χ0v) is 10.8. The highest BCUT2D eigenvalue weighted by atomic mass is 19.4. The first-order valence-corrected chi connectivity index (χ1v) is 6.23. The van der Waals surface area contributed by atoms with Gasteiger partial charge in [-0.2, -0.15) is 22.0 Å². The largest absolute Gasteiger partial charge is 0.456 e. The van der Waals surface area contributed by atoms with Gasteiger partial charge in [0.15, 0.2) is 0 Å². The predicted octanol–water partition coefficient (Wildman–Crippen LogP) is 4.69. The van der Waals surface area contributed by atoms with Gasteiger partial charge in [-0.3, -0.25) is 0 Å². The standard InChI is InChI=1S/C12H21F5O/c1-3-4-5-6-7-8-9-10(2,18)11(13,14)12(15,16)17/h18H,3-9H2,1-2H3. The Labute approximate surface area is 104 Å². The van der Waals surface area contributed by atoms with E-state index in [0.29, 0.717) is 13.3 Å². The summed E-state index contributed by atoms with van der Waals surface area (Å²) in [4.78, 5) is 0. The van der Waals surface area contributed by atoms with E-state index in [9.17, 15) is 27.1 Å². The Morgan fingerprint density at radius 1 is 0.833 bits per heavy atom. The summed E-state index contributed by atoms with van der Waals surface area (Å²) in [6, 6.07) is 0. The van der Waals surface area contributed by atoms with Crippen LogP contribution in [0.5, 0.6) is 0 Å². The van der Waals surface area contributed by atoms with Crippen molar-refractivity contribution in [3.05, 3.63) is 0 Å². The predicted molar refractivity (Wildman–Crippen MR) is 59.6 cm³/mol. The molecule has 0 heterocycles. The van der Waals surface area contributed by atoms with E-state index < -0.39 is 24.1 Å².